The first-order chi connectivity index (χ1) is 14.1. The Kier molecular flexibility index (Phi) is 5.45. The van der Waals surface area contributed by atoms with E-state index in [1.54, 1.807) is 0 Å². The highest BCUT2D eigenvalue weighted by atomic mass is 35.5. The number of hydrogen-bond donors (Lipinski definition) is 1. The van der Waals surface area contributed by atoms with Crippen molar-refractivity contribution in [3.8, 4) is 11.5 Å². The number of aryl methyl sites for hydroxylation is 2. The molecule has 0 unspecified atom stereocenters. The maximum atomic E-state index is 13.1. The number of pyridine rings is 1. The van der Waals surface area contributed by atoms with E-state index in [0.717, 1.165) is 19.8 Å². The topological polar surface area (TPSA) is 114 Å². The zero-order chi connectivity index (χ0) is 22.3. The summed E-state index contributed by atoms with van der Waals surface area (Å²) in [5.41, 5.74) is -1.82. The molecule has 0 aliphatic rings. The third kappa shape index (κ3) is 3.24. The molecule has 158 valence electrons. The molecule has 1 aromatic carbocycles. The van der Waals surface area contributed by atoms with Gasteiger partial charge in [0.25, 0.3) is 17.0 Å². The number of fused-ring (bicyclic) bond motifs is 1. The number of rotatable bonds is 4. The van der Waals surface area contributed by atoms with E-state index in [0.29, 0.717) is 5.75 Å². The number of carbonyl (C=O) groups excluding carboxylic acids is 1. The summed E-state index contributed by atoms with van der Waals surface area (Å²) in [7, 11) is 6.96. The summed E-state index contributed by atoms with van der Waals surface area (Å²) in [4.78, 5) is 50.6. The van der Waals surface area contributed by atoms with Crippen molar-refractivity contribution in [2.24, 2.45) is 21.1 Å². The predicted octanol–water partition coefficient (Wildman–Crippen LogP) is 0.859. The first-order valence-corrected chi connectivity index (χ1v) is 9.02. The molecule has 2 heterocycles. The highest BCUT2D eigenvalue weighted by Crippen LogP contribution is 2.36. The summed E-state index contributed by atoms with van der Waals surface area (Å²) in [6, 6.07) is 3.96. The van der Waals surface area contributed by atoms with Gasteiger partial charge in [-0.3, -0.25) is 28.1 Å². The van der Waals surface area contributed by atoms with Crippen LogP contribution < -0.4 is 31.6 Å². The fraction of sp³-hybridized carbons (Fsp3) is 0.263. The Morgan fingerprint density at radius 2 is 1.57 bits per heavy atom. The lowest BCUT2D eigenvalue weighted by molar-refractivity contribution is 0.102. The number of nitrogens with one attached hydrogen (secondary N) is 1. The number of halogens is 1. The molecular formula is C19H19ClN4O6. The third-order valence-electron chi connectivity index (χ3n) is 4.79. The zero-order valence-electron chi connectivity index (χ0n) is 16.9. The fourth-order valence-corrected chi connectivity index (χ4v) is 3.43. The second-order valence-corrected chi connectivity index (χ2v) is 6.91. The molecule has 11 heteroatoms. The van der Waals surface area contributed by atoms with Gasteiger partial charge in [-0.25, -0.2) is 4.79 Å². The van der Waals surface area contributed by atoms with E-state index in [4.69, 9.17) is 21.1 Å². The molecule has 10 nitrogen and oxygen atoms in total. The standard InChI is InChI=1S/C19H19ClN4O6/c1-22-14(25)6-9(15-17(22)23(2)19(28)24(3)18(15)27)16(26)21-11-7-10(20)12(29-4)8-13(11)30-5/h6-8H,1-5H3,(H,21,26). The van der Waals surface area contributed by atoms with Crippen molar-refractivity contribution in [2.45, 2.75) is 0 Å². The number of carbonyl (C=O) groups is 1. The second-order valence-electron chi connectivity index (χ2n) is 6.50. The van der Waals surface area contributed by atoms with Gasteiger partial charge in [0.1, 0.15) is 17.1 Å². The Hall–Kier alpha value is -3.53. The van der Waals surface area contributed by atoms with Crippen molar-refractivity contribution in [3.63, 3.8) is 0 Å². The van der Waals surface area contributed by atoms with E-state index in [1.165, 1.54) is 47.5 Å². The molecule has 0 bridgehead atoms. The zero-order valence-corrected chi connectivity index (χ0v) is 17.7. The lowest BCUT2D eigenvalue weighted by Gasteiger charge is -2.16. The molecule has 0 spiro atoms. The molecule has 0 aliphatic carbocycles. The summed E-state index contributed by atoms with van der Waals surface area (Å²) >= 11 is 6.14. The molecule has 0 aliphatic heterocycles. The van der Waals surface area contributed by atoms with E-state index in [-0.39, 0.29) is 33.1 Å². The summed E-state index contributed by atoms with van der Waals surface area (Å²) < 4.78 is 13.5. The molecule has 2 aromatic heterocycles. The van der Waals surface area contributed by atoms with Crippen LogP contribution in [0.3, 0.4) is 0 Å². The van der Waals surface area contributed by atoms with Crippen molar-refractivity contribution < 1.29 is 14.3 Å². The van der Waals surface area contributed by atoms with Gasteiger partial charge in [0.05, 0.1) is 35.9 Å². The Labute approximate surface area is 174 Å². The van der Waals surface area contributed by atoms with E-state index < -0.39 is 22.7 Å². The van der Waals surface area contributed by atoms with Crippen LogP contribution in [0.2, 0.25) is 5.02 Å². The summed E-state index contributed by atoms with van der Waals surface area (Å²) in [5.74, 6) is -0.138. The molecular weight excluding hydrogens is 416 g/mol. The molecule has 1 amide bonds. The van der Waals surface area contributed by atoms with Crippen molar-refractivity contribution in [2.75, 3.05) is 19.5 Å². The summed E-state index contributed by atoms with van der Waals surface area (Å²) in [6.07, 6.45) is 0. The fourth-order valence-electron chi connectivity index (χ4n) is 3.19. The number of hydrogen-bond acceptors (Lipinski definition) is 6. The summed E-state index contributed by atoms with van der Waals surface area (Å²) in [6.45, 7) is 0. The largest absolute Gasteiger partial charge is 0.495 e. The van der Waals surface area contributed by atoms with Gasteiger partial charge >= 0.3 is 5.69 Å². The van der Waals surface area contributed by atoms with Gasteiger partial charge in [-0.2, -0.15) is 0 Å². The SMILES string of the molecule is COc1cc(OC)c(NC(=O)c2cc(=O)n(C)c3c2c(=O)n(C)c(=O)n3C)cc1Cl. The van der Waals surface area contributed by atoms with Crippen molar-refractivity contribution in [3.05, 3.63) is 60.0 Å². The van der Waals surface area contributed by atoms with E-state index in [9.17, 15) is 19.2 Å². The van der Waals surface area contributed by atoms with E-state index in [1.807, 2.05) is 0 Å². The first kappa shape index (κ1) is 21.2. The van der Waals surface area contributed by atoms with Crippen LogP contribution in [0.15, 0.2) is 32.6 Å². The molecule has 30 heavy (non-hydrogen) atoms. The Balaban J connectivity index is 2.26. The monoisotopic (exact) mass is 434 g/mol. The van der Waals surface area contributed by atoms with Crippen molar-refractivity contribution in [1.29, 1.82) is 0 Å². The van der Waals surface area contributed by atoms with Crippen LogP contribution in [0.5, 0.6) is 11.5 Å². The van der Waals surface area contributed by atoms with Crippen LogP contribution in [-0.4, -0.2) is 33.8 Å². The van der Waals surface area contributed by atoms with Gasteiger partial charge < -0.3 is 14.8 Å². The summed E-state index contributed by atoms with van der Waals surface area (Å²) in [5, 5.41) is 2.75. The molecule has 3 aromatic rings. The molecule has 0 saturated heterocycles. The normalized spacial score (nSPS) is 10.9. The Morgan fingerprint density at radius 1 is 0.933 bits per heavy atom. The van der Waals surface area contributed by atoms with Gasteiger partial charge in [-0.05, 0) is 6.07 Å². The van der Waals surface area contributed by atoms with Gasteiger partial charge in [0.2, 0.25) is 0 Å². The lowest BCUT2D eigenvalue weighted by Crippen LogP contribution is -2.40. The number of ether oxygens (including phenoxy) is 2. The Morgan fingerprint density at radius 3 is 2.17 bits per heavy atom. The average molecular weight is 435 g/mol. The van der Waals surface area contributed by atoms with Crippen LogP contribution in [-0.2, 0) is 21.1 Å². The molecule has 0 atom stereocenters. The number of anilines is 1. The van der Waals surface area contributed by atoms with Crippen LogP contribution in [0.4, 0.5) is 5.69 Å². The molecule has 1 N–H and O–H groups in total. The van der Waals surface area contributed by atoms with Crippen LogP contribution >= 0.6 is 11.6 Å². The smallest absolute Gasteiger partial charge is 0.332 e. The molecule has 0 fully saturated rings. The number of benzene rings is 1. The maximum absolute atomic E-state index is 13.1. The van der Waals surface area contributed by atoms with Crippen LogP contribution in [0.25, 0.3) is 11.0 Å². The van der Waals surface area contributed by atoms with Gasteiger partial charge in [-0.15, -0.1) is 0 Å². The predicted molar refractivity (Wildman–Crippen MR) is 112 cm³/mol. The second kappa shape index (κ2) is 7.71. The number of amides is 1. The first-order valence-electron chi connectivity index (χ1n) is 8.65. The number of methoxy groups -OCH3 is 2. The van der Waals surface area contributed by atoms with E-state index >= 15 is 0 Å². The molecule has 3 rings (SSSR count). The van der Waals surface area contributed by atoms with Crippen molar-refractivity contribution in [1.82, 2.24) is 13.7 Å². The molecule has 0 saturated carbocycles. The highest BCUT2D eigenvalue weighted by Gasteiger charge is 2.22. The highest BCUT2D eigenvalue weighted by molar-refractivity contribution is 6.32. The van der Waals surface area contributed by atoms with Gasteiger partial charge in [-0.1, -0.05) is 11.6 Å². The van der Waals surface area contributed by atoms with Crippen LogP contribution in [0.1, 0.15) is 10.4 Å². The third-order valence-corrected chi connectivity index (χ3v) is 5.08. The molecule has 0 radical (unpaired) electrons. The van der Waals surface area contributed by atoms with Crippen LogP contribution in [0, 0.1) is 0 Å². The van der Waals surface area contributed by atoms with Gasteiger partial charge in [0, 0.05) is 33.3 Å². The minimum Gasteiger partial charge on any atom is -0.495 e. The average Bonchev–Trinajstić information content (AvgIpc) is 2.72. The maximum Gasteiger partial charge on any atom is 0.332 e. The van der Waals surface area contributed by atoms with E-state index in [2.05, 4.69) is 5.32 Å². The lowest BCUT2D eigenvalue weighted by atomic mass is 10.1. The van der Waals surface area contributed by atoms with Crippen molar-refractivity contribution >= 4 is 34.2 Å². The minimum atomic E-state index is -0.743. The number of nitrogens with zero attached hydrogens (tertiary/aromatic N) is 3. The number of aromatic nitrogens is 3. The quantitative estimate of drug-likeness (QED) is 0.651. The Bertz CT molecular complexity index is 1370. The van der Waals surface area contributed by atoms with Gasteiger partial charge in [0.15, 0.2) is 0 Å². The minimum absolute atomic E-state index is 0.0282.